The number of carbonyl (C=O) groups is 1. The molecule has 4 heteroatoms. The second-order valence-electron chi connectivity index (χ2n) is 4.33. The maximum absolute atomic E-state index is 11.3. The van der Waals surface area contributed by atoms with E-state index >= 15 is 0 Å². The molecule has 1 aromatic carbocycles. The molecule has 0 unspecified atom stereocenters. The first-order valence-corrected chi connectivity index (χ1v) is 4.96. The van der Waals surface area contributed by atoms with Crippen LogP contribution in [0, 0.1) is 0 Å². The van der Waals surface area contributed by atoms with Crippen molar-refractivity contribution in [3.05, 3.63) is 29.3 Å². The Bertz CT molecular complexity index is 390. The van der Waals surface area contributed by atoms with Gasteiger partial charge in [0.15, 0.2) is 0 Å². The SMILES string of the molecule is COC(=O)c1cc(CC(C)(C)O)ccc1O. The first-order chi connectivity index (χ1) is 7.33. The van der Waals surface area contributed by atoms with Crippen LogP contribution in [0.25, 0.3) is 0 Å². The van der Waals surface area contributed by atoms with Crippen molar-refractivity contribution in [2.45, 2.75) is 25.9 Å². The normalized spacial score (nSPS) is 11.2. The smallest absolute Gasteiger partial charge is 0.341 e. The van der Waals surface area contributed by atoms with Gasteiger partial charge in [-0.05, 0) is 31.5 Å². The third-order valence-electron chi connectivity index (χ3n) is 2.10. The molecular weight excluding hydrogens is 208 g/mol. The average Bonchev–Trinajstić information content (AvgIpc) is 2.18. The molecule has 88 valence electrons. The largest absolute Gasteiger partial charge is 0.507 e. The second-order valence-corrected chi connectivity index (χ2v) is 4.33. The second kappa shape index (κ2) is 4.53. The van der Waals surface area contributed by atoms with Crippen LogP contribution >= 0.6 is 0 Å². The fourth-order valence-corrected chi connectivity index (χ4v) is 1.47. The predicted molar refractivity (Wildman–Crippen MR) is 59.4 cm³/mol. The van der Waals surface area contributed by atoms with E-state index in [0.29, 0.717) is 6.42 Å². The van der Waals surface area contributed by atoms with E-state index in [1.807, 2.05) is 0 Å². The number of methoxy groups -OCH3 is 1. The highest BCUT2D eigenvalue weighted by Crippen LogP contribution is 2.22. The minimum absolute atomic E-state index is 0.115. The molecule has 0 aromatic heterocycles. The van der Waals surface area contributed by atoms with E-state index in [-0.39, 0.29) is 11.3 Å². The van der Waals surface area contributed by atoms with Gasteiger partial charge in [0.2, 0.25) is 0 Å². The molecule has 1 aromatic rings. The summed E-state index contributed by atoms with van der Waals surface area (Å²) in [6, 6.07) is 4.62. The molecule has 0 aliphatic carbocycles. The lowest BCUT2D eigenvalue weighted by Gasteiger charge is -2.17. The van der Waals surface area contributed by atoms with Crippen LogP contribution in [-0.2, 0) is 11.2 Å². The molecule has 0 bridgehead atoms. The highest BCUT2D eigenvalue weighted by Gasteiger charge is 2.17. The van der Waals surface area contributed by atoms with Crippen LogP contribution in [0.1, 0.15) is 29.8 Å². The zero-order valence-corrected chi connectivity index (χ0v) is 9.65. The molecule has 0 amide bonds. The minimum atomic E-state index is -0.857. The molecule has 0 aliphatic rings. The number of ether oxygens (including phenoxy) is 1. The van der Waals surface area contributed by atoms with Crippen molar-refractivity contribution < 1.29 is 19.7 Å². The molecular formula is C12H16O4. The Kier molecular flexibility index (Phi) is 3.55. The molecule has 0 fully saturated rings. The van der Waals surface area contributed by atoms with Gasteiger partial charge >= 0.3 is 5.97 Å². The number of phenolic OH excluding ortho intramolecular Hbond substituents is 1. The van der Waals surface area contributed by atoms with Crippen LogP contribution in [0.4, 0.5) is 0 Å². The molecule has 0 saturated heterocycles. The summed E-state index contributed by atoms with van der Waals surface area (Å²) in [5.41, 5.74) is 0.0274. The summed E-state index contributed by atoms with van der Waals surface area (Å²) in [6.07, 6.45) is 0.400. The Labute approximate surface area is 94.5 Å². The fraction of sp³-hybridized carbons (Fsp3) is 0.417. The van der Waals surface area contributed by atoms with E-state index in [1.54, 1.807) is 19.9 Å². The molecule has 4 nitrogen and oxygen atoms in total. The standard InChI is InChI=1S/C12H16O4/c1-12(2,15)7-8-4-5-10(13)9(6-8)11(14)16-3/h4-6,13,15H,7H2,1-3H3. The predicted octanol–water partition coefficient (Wildman–Crippen LogP) is 1.49. The Hall–Kier alpha value is -1.55. The van der Waals surface area contributed by atoms with Crippen LogP contribution in [-0.4, -0.2) is 28.9 Å². The highest BCUT2D eigenvalue weighted by atomic mass is 16.5. The van der Waals surface area contributed by atoms with Crippen LogP contribution in [0.5, 0.6) is 5.75 Å². The Morgan fingerprint density at radius 2 is 2.06 bits per heavy atom. The monoisotopic (exact) mass is 224 g/mol. The number of benzene rings is 1. The van der Waals surface area contributed by atoms with Gasteiger partial charge < -0.3 is 14.9 Å². The Morgan fingerprint density at radius 3 is 2.56 bits per heavy atom. The maximum atomic E-state index is 11.3. The van der Waals surface area contributed by atoms with E-state index in [0.717, 1.165) is 5.56 Å². The number of aliphatic hydroxyl groups is 1. The first kappa shape index (κ1) is 12.5. The van der Waals surface area contributed by atoms with Crippen LogP contribution in [0.2, 0.25) is 0 Å². The number of aromatic hydroxyl groups is 1. The number of hydrogen-bond donors (Lipinski definition) is 2. The van der Waals surface area contributed by atoms with E-state index in [2.05, 4.69) is 4.74 Å². The number of hydrogen-bond acceptors (Lipinski definition) is 4. The summed E-state index contributed by atoms with van der Waals surface area (Å²) in [4.78, 5) is 11.3. The molecule has 16 heavy (non-hydrogen) atoms. The molecule has 0 radical (unpaired) electrons. The average molecular weight is 224 g/mol. The Balaban J connectivity index is 3.03. The van der Waals surface area contributed by atoms with E-state index in [4.69, 9.17) is 0 Å². The van der Waals surface area contributed by atoms with E-state index in [1.165, 1.54) is 19.2 Å². The molecule has 0 atom stereocenters. The minimum Gasteiger partial charge on any atom is -0.507 e. The summed E-state index contributed by atoms with van der Waals surface area (Å²) >= 11 is 0. The summed E-state index contributed by atoms with van der Waals surface area (Å²) in [5, 5.41) is 19.1. The van der Waals surface area contributed by atoms with Gasteiger partial charge in [-0.15, -0.1) is 0 Å². The zero-order chi connectivity index (χ0) is 12.3. The number of phenols is 1. The van der Waals surface area contributed by atoms with Gasteiger partial charge in [-0.1, -0.05) is 6.07 Å². The quantitative estimate of drug-likeness (QED) is 0.763. The van der Waals surface area contributed by atoms with Gasteiger partial charge in [0.05, 0.1) is 12.7 Å². The molecule has 0 saturated carbocycles. The van der Waals surface area contributed by atoms with E-state index < -0.39 is 11.6 Å². The number of esters is 1. The lowest BCUT2D eigenvalue weighted by molar-refractivity contribution is 0.0595. The highest BCUT2D eigenvalue weighted by molar-refractivity contribution is 5.92. The third-order valence-corrected chi connectivity index (χ3v) is 2.10. The zero-order valence-electron chi connectivity index (χ0n) is 9.65. The van der Waals surface area contributed by atoms with Crippen LogP contribution in [0.15, 0.2) is 18.2 Å². The van der Waals surface area contributed by atoms with Gasteiger partial charge in [-0.3, -0.25) is 0 Å². The van der Waals surface area contributed by atoms with Crippen molar-refractivity contribution in [1.82, 2.24) is 0 Å². The first-order valence-electron chi connectivity index (χ1n) is 4.96. The van der Waals surface area contributed by atoms with Crippen molar-refractivity contribution >= 4 is 5.97 Å². The summed E-state index contributed by atoms with van der Waals surface area (Å²) in [7, 11) is 1.25. The Morgan fingerprint density at radius 1 is 1.44 bits per heavy atom. The summed E-state index contributed by atoms with van der Waals surface area (Å²) in [6.45, 7) is 3.36. The van der Waals surface area contributed by atoms with Crippen molar-refractivity contribution in [2.24, 2.45) is 0 Å². The number of carbonyl (C=O) groups excluding carboxylic acids is 1. The van der Waals surface area contributed by atoms with Crippen LogP contribution in [0.3, 0.4) is 0 Å². The topological polar surface area (TPSA) is 66.8 Å². The summed E-state index contributed by atoms with van der Waals surface area (Å²) in [5.74, 6) is -0.707. The van der Waals surface area contributed by atoms with Crippen LogP contribution < -0.4 is 0 Å². The van der Waals surface area contributed by atoms with Gasteiger partial charge in [-0.2, -0.15) is 0 Å². The van der Waals surface area contributed by atoms with Crippen molar-refractivity contribution in [2.75, 3.05) is 7.11 Å². The number of rotatable bonds is 3. The molecule has 2 N–H and O–H groups in total. The lowest BCUT2D eigenvalue weighted by atomic mass is 9.97. The summed E-state index contributed by atoms with van der Waals surface area (Å²) < 4.78 is 4.54. The van der Waals surface area contributed by atoms with E-state index in [9.17, 15) is 15.0 Å². The molecule has 0 aliphatic heterocycles. The lowest BCUT2D eigenvalue weighted by Crippen LogP contribution is -2.22. The molecule has 0 spiro atoms. The van der Waals surface area contributed by atoms with Crippen molar-refractivity contribution in [3.8, 4) is 5.75 Å². The fourth-order valence-electron chi connectivity index (χ4n) is 1.47. The maximum Gasteiger partial charge on any atom is 0.341 e. The van der Waals surface area contributed by atoms with Gasteiger partial charge in [0.1, 0.15) is 11.3 Å². The molecule has 0 heterocycles. The van der Waals surface area contributed by atoms with Gasteiger partial charge in [0, 0.05) is 6.42 Å². The van der Waals surface area contributed by atoms with Gasteiger partial charge in [0.25, 0.3) is 0 Å². The van der Waals surface area contributed by atoms with Crippen molar-refractivity contribution in [1.29, 1.82) is 0 Å². The van der Waals surface area contributed by atoms with Crippen molar-refractivity contribution in [3.63, 3.8) is 0 Å². The van der Waals surface area contributed by atoms with Gasteiger partial charge in [-0.25, -0.2) is 4.79 Å². The molecule has 1 rings (SSSR count). The third kappa shape index (κ3) is 3.24.